The molecule has 0 bridgehead atoms. The van der Waals surface area contributed by atoms with Gasteiger partial charge in [-0.2, -0.15) is 0 Å². The van der Waals surface area contributed by atoms with Crippen LogP contribution in [0.1, 0.15) is 207 Å². The van der Waals surface area contributed by atoms with E-state index in [1.807, 2.05) is 0 Å². The lowest BCUT2D eigenvalue weighted by molar-refractivity contribution is -0.167. The predicted molar refractivity (Wildman–Crippen MR) is 183 cm³/mol. The van der Waals surface area contributed by atoms with Crippen LogP contribution < -0.4 is 0 Å². The summed E-state index contributed by atoms with van der Waals surface area (Å²) in [6, 6.07) is 0. The molecule has 0 aliphatic heterocycles. The average Bonchev–Trinajstić information content (AvgIpc) is 3.02. The normalized spacial score (nSPS) is 11.8. The molecule has 0 amide bonds. The van der Waals surface area contributed by atoms with E-state index in [-0.39, 0.29) is 31.1 Å². The Morgan fingerprint density at radius 2 is 0.614 bits per heavy atom. The average molecular weight is 625 g/mol. The molecule has 0 N–H and O–H groups in total. The Balaban J connectivity index is 4.16. The van der Waals surface area contributed by atoms with E-state index in [2.05, 4.69) is 20.8 Å². The summed E-state index contributed by atoms with van der Waals surface area (Å²) in [5, 5.41) is 0. The molecular weight excluding hydrogens is 552 g/mol. The van der Waals surface area contributed by atoms with Crippen LogP contribution in [0.5, 0.6) is 0 Å². The minimum atomic E-state index is -0.753. The molecule has 1 atom stereocenters. The third-order valence-corrected chi connectivity index (χ3v) is 8.36. The highest BCUT2D eigenvalue weighted by atomic mass is 16.6. The standard InChI is InChI=1S/C38H72O6/c1-4-7-10-13-15-16-17-18-19-20-21-23-26-28-31-37(40)43-34-35(44-38(41)32-29-24-12-9-6-3)33-42-36(39)30-27-25-22-14-11-8-5-2/h35H,4-34H2,1-3H3/t35-/m0/s1. The second kappa shape index (κ2) is 34.3. The van der Waals surface area contributed by atoms with Gasteiger partial charge in [0.05, 0.1) is 0 Å². The van der Waals surface area contributed by atoms with E-state index in [9.17, 15) is 14.4 Å². The van der Waals surface area contributed by atoms with Crippen LogP contribution in [0.25, 0.3) is 0 Å². The molecule has 0 aliphatic rings. The molecule has 0 fully saturated rings. The van der Waals surface area contributed by atoms with Gasteiger partial charge in [0, 0.05) is 19.3 Å². The molecule has 0 spiro atoms. The van der Waals surface area contributed by atoms with Gasteiger partial charge in [-0.1, -0.05) is 168 Å². The fourth-order valence-corrected chi connectivity index (χ4v) is 5.44. The summed E-state index contributed by atoms with van der Waals surface area (Å²) in [6.07, 6.45) is 31.2. The molecule has 44 heavy (non-hydrogen) atoms. The summed E-state index contributed by atoms with van der Waals surface area (Å²) < 4.78 is 16.4. The fourth-order valence-electron chi connectivity index (χ4n) is 5.44. The van der Waals surface area contributed by atoms with Crippen molar-refractivity contribution in [2.45, 2.75) is 213 Å². The lowest BCUT2D eigenvalue weighted by Crippen LogP contribution is -2.30. The summed E-state index contributed by atoms with van der Waals surface area (Å²) in [4.78, 5) is 37.0. The number of hydrogen-bond donors (Lipinski definition) is 0. The lowest BCUT2D eigenvalue weighted by atomic mass is 10.0. The second-order valence-corrected chi connectivity index (χ2v) is 12.9. The van der Waals surface area contributed by atoms with Crippen molar-refractivity contribution in [2.24, 2.45) is 0 Å². The van der Waals surface area contributed by atoms with Gasteiger partial charge in [-0.3, -0.25) is 14.4 Å². The fraction of sp³-hybridized carbons (Fsp3) is 0.921. The minimum absolute atomic E-state index is 0.0658. The molecule has 0 rings (SSSR count). The third-order valence-electron chi connectivity index (χ3n) is 8.36. The Hall–Kier alpha value is -1.59. The zero-order valence-electron chi connectivity index (χ0n) is 29.4. The Labute approximate surface area is 272 Å². The predicted octanol–water partition coefficient (Wildman–Crippen LogP) is 11.4. The van der Waals surface area contributed by atoms with Crippen LogP contribution in [0, 0.1) is 0 Å². The van der Waals surface area contributed by atoms with E-state index in [4.69, 9.17) is 14.2 Å². The van der Waals surface area contributed by atoms with E-state index < -0.39 is 6.10 Å². The van der Waals surface area contributed by atoms with Crippen molar-refractivity contribution < 1.29 is 28.6 Å². The van der Waals surface area contributed by atoms with Crippen LogP contribution in [0.15, 0.2) is 0 Å². The number of ether oxygens (including phenoxy) is 3. The summed E-state index contributed by atoms with van der Waals surface area (Å²) in [7, 11) is 0. The third kappa shape index (κ3) is 31.8. The van der Waals surface area contributed by atoms with Crippen molar-refractivity contribution >= 4 is 17.9 Å². The molecule has 260 valence electrons. The van der Waals surface area contributed by atoms with Crippen LogP contribution in [0.2, 0.25) is 0 Å². The molecular formula is C38H72O6. The summed E-state index contributed by atoms with van der Waals surface area (Å²) >= 11 is 0. The topological polar surface area (TPSA) is 78.9 Å². The van der Waals surface area contributed by atoms with Gasteiger partial charge in [0.25, 0.3) is 0 Å². The van der Waals surface area contributed by atoms with Crippen molar-refractivity contribution in [2.75, 3.05) is 13.2 Å². The van der Waals surface area contributed by atoms with Crippen molar-refractivity contribution in [3.8, 4) is 0 Å². The first-order valence-corrected chi connectivity index (χ1v) is 19.0. The van der Waals surface area contributed by atoms with E-state index in [0.717, 1.165) is 64.2 Å². The Bertz CT molecular complexity index is 649. The highest BCUT2D eigenvalue weighted by Crippen LogP contribution is 2.14. The van der Waals surface area contributed by atoms with Crippen LogP contribution >= 0.6 is 0 Å². The van der Waals surface area contributed by atoms with Gasteiger partial charge in [0.2, 0.25) is 0 Å². The second-order valence-electron chi connectivity index (χ2n) is 12.9. The molecule has 0 heterocycles. The van der Waals surface area contributed by atoms with Crippen LogP contribution in [-0.4, -0.2) is 37.2 Å². The first-order chi connectivity index (χ1) is 21.5. The van der Waals surface area contributed by atoms with Gasteiger partial charge in [-0.05, 0) is 19.3 Å². The van der Waals surface area contributed by atoms with Gasteiger partial charge >= 0.3 is 17.9 Å². The zero-order chi connectivity index (χ0) is 32.4. The molecule has 0 radical (unpaired) electrons. The molecule has 0 aromatic rings. The monoisotopic (exact) mass is 625 g/mol. The maximum atomic E-state index is 12.4. The number of unbranched alkanes of at least 4 members (excludes halogenated alkanes) is 23. The van der Waals surface area contributed by atoms with Gasteiger partial charge < -0.3 is 14.2 Å². The van der Waals surface area contributed by atoms with Gasteiger partial charge in [-0.25, -0.2) is 0 Å². The SMILES string of the molecule is CCCCCCCCCCCCCCCCC(=O)OC[C@H](COC(=O)CCCCCCCCC)OC(=O)CCCCCCC. The summed E-state index contributed by atoms with van der Waals surface area (Å²) in [6.45, 7) is 6.50. The smallest absolute Gasteiger partial charge is 0.306 e. The minimum Gasteiger partial charge on any atom is -0.462 e. The first kappa shape index (κ1) is 42.4. The Morgan fingerprint density at radius 3 is 0.909 bits per heavy atom. The molecule has 0 saturated heterocycles. The van der Waals surface area contributed by atoms with Crippen LogP contribution in [0.3, 0.4) is 0 Å². The van der Waals surface area contributed by atoms with Gasteiger partial charge in [-0.15, -0.1) is 0 Å². The number of carbonyl (C=O) groups is 3. The first-order valence-electron chi connectivity index (χ1n) is 19.0. The van der Waals surface area contributed by atoms with Crippen molar-refractivity contribution in [3.05, 3.63) is 0 Å². The van der Waals surface area contributed by atoms with Crippen molar-refractivity contribution in [3.63, 3.8) is 0 Å². The number of hydrogen-bond acceptors (Lipinski definition) is 6. The highest BCUT2D eigenvalue weighted by Gasteiger charge is 2.19. The molecule has 0 aliphatic carbocycles. The van der Waals surface area contributed by atoms with Gasteiger partial charge in [0.1, 0.15) is 13.2 Å². The molecule has 0 aromatic carbocycles. The van der Waals surface area contributed by atoms with E-state index >= 15 is 0 Å². The van der Waals surface area contributed by atoms with E-state index in [1.54, 1.807) is 0 Å². The molecule has 0 unspecified atom stereocenters. The highest BCUT2D eigenvalue weighted by molar-refractivity contribution is 5.71. The number of rotatable bonds is 34. The number of esters is 3. The van der Waals surface area contributed by atoms with Crippen LogP contribution in [-0.2, 0) is 28.6 Å². The van der Waals surface area contributed by atoms with Crippen molar-refractivity contribution in [1.29, 1.82) is 0 Å². The molecule has 0 saturated carbocycles. The summed E-state index contributed by atoms with van der Waals surface area (Å²) in [5.41, 5.74) is 0. The Morgan fingerprint density at radius 1 is 0.364 bits per heavy atom. The lowest BCUT2D eigenvalue weighted by Gasteiger charge is -2.18. The largest absolute Gasteiger partial charge is 0.462 e. The van der Waals surface area contributed by atoms with Crippen LogP contribution in [0.4, 0.5) is 0 Å². The van der Waals surface area contributed by atoms with Gasteiger partial charge in [0.15, 0.2) is 6.10 Å². The summed E-state index contributed by atoms with van der Waals surface area (Å²) in [5.74, 6) is -0.885. The quantitative estimate of drug-likeness (QED) is 0.0402. The zero-order valence-corrected chi connectivity index (χ0v) is 29.4. The number of carbonyl (C=O) groups excluding carboxylic acids is 3. The van der Waals surface area contributed by atoms with E-state index in [0.29, 0.717) is 19.3 Å². The molecule has 0 aromatic heterocycles. The van der Waals surface area contributed by atoms with E-state index in [1.165, 1.54) is 103 Å². The Kier molecular flexibility index (Phi) is 33.0. The maximum absolute atomic E-state index is 12.4. The maximum Gasteiger partial charge on any atom is 0.306 e. The molecule has 6 nitrogen and oxygen atoms in total. The molecule has 6 heteroatoms. The van der Waals surface area contributed by atoms with Crippen molar-refractivity contribution in [1.82, 2.24) is 0 Å².